The quantitative estimate of drug-likeness (QED) is 0.243. The fourth-order valence-electron chi connectivity index (χ4n) is 2.51. The number of ether oxygens (including phenoxy) is 2. The maximum absolute atomic E-state index is 11.6. The van der Waals surface area contributed by atoms with Crippen LogP contribution in [0.2, 0.25) is 0 Å². The summed E-state index contributed by atoms with van der Waals surface area (Å²) in [6, 6.07) is 0. The molecule has 4 heteroatoms. The van der Waals surface area contributed by atoms with Crippen molar-refractivity contribution in [3.05, 3.63) is 0 Å². The minimum atomic E-state index is -0.0610. The molecule has 0 radical (unpaired) electrons. The Labute approximate surface area is 155 Å². The topological polar surface area (TPSA) is 52.6 Å². The molecular formula is C21H40O4. The zero-order valence-corrected chi connectivity index (χ0v) is 16.8. The molecule has 0 aromatic carbocycles. The molecule has 0 N–H and O–H groups in total. The minimum absolute atomic E-state index is 0.0590. The third-order valence-corrected chi connectivity index (χ3v) is 4.59. The van der Waals surface area contributed by atoms with Crippen LogP contribution in [0.1, 0.15) is 104 Å². The third-order valence-electron chi connectivity index (χ3n) is 4.59. The highest BCUT2D eigenvalue weighted by Gasteiger charge is 2.05. The Morgan fingerprint density at radius 3 is 1.76 bits per heavy atom. The molecule has 0 spiro atoms. The average molecular weight is 357 g/mol. The van der Waals surface area contributed by atoms with Gasteiger partial charge in [0.15, 0.2) is 0 Å². The van der Waals surface area contributed by atoms with E-state index in [4.69, 9.17) is 9.47 Å². The van der Waals surface area contributed by atoms with Crippen molar-refractivity contribution in [2.75, 3.05) is 13.2 Å². The maximum Gasteiger partial charge on any atom is 0.305 e. The molecule has 0 saturated carbocycles. The highest BCUT2D eigenvalue weighted by Crippen LogP contribution is 2.11. The van der Waals surface area contributed by atoms with Crippen molar-refractivity contribution in [1.29, 1.82) is 0 Å². The molecule has 4 nitrogen and oxygen atoms in total. The number of rotatable bonds is 17. The Morgan fingerprint density at radius 2 is 1.24 bits per heavy atom. The van der Waals surface area contributed by atoms with E-state index >= 15 is 0 Å². The van der Waals surface area contributed by atoms with E-state index < -0.39 is 0 Å². The highest BCUT2D eigenvalue weighted by molar-refractivity contribution is 5.69. The first kappa shape index (κ1) is 23.9. The maximum atomic E-state index is 11.6. The van der Waals surface area contributed by atoms with E-state index in [1.54, 1.807) is 0 Å². The molecule has 25 heavy (non-hydrogen) atoms. The van der Waals surface area contributed by atoms with Gasteiger partial charge in [-0.15, -0.1) is 0 Å². The second-order valence-electron chi connectivity index (χ2n) is 7.07. The summed E-state index contributed by atoms with van der Waals surface area (Å²) in [6.45, 7) is 7.60. The van der Waals surface area contributed by atoms with E-state index in [2.05, 4.69) is 20.8 Å². The van der Waals surface area contributed by atoms with Crippen molar-refractivity contribution < 1.29 is 19.1 Å². The predicted molar refractivity (Wildman–Crippen MR) is 102 cm³/mol. The summed E-state index contributed by atoms with van der Waals surface area (Å²) >= 11 is 0. The fourth-order valence-corrected chi connectivity index (χ4v) is 2.51. The predicted octanol–water partition coefficient (Wildman–Crippen LogP) is 5.82. The van der Waals surface area contributed by atoms with Crippen LogP contribution >= 0.6 is 0 Å². The van der Waals surface area contributed by atoms with Crippen LogP contribution in [0.5, 0.6) is 0 Å². The molecule has 1 unspecified atom stereocenters. The summed E-state index contributed by atoms with van der Waals surface area (Å²) in [5.74, 6) is 0.506. The standard InChI is InChI=1S/C21H40O4/c1-4-6-13-17-24-20(22)14-11-9-7-8-10-12-15-21(23)25-18-16-19(3)5-2/h19H,4-18H2,1-3H3. The zero-order chi connectivity index (χ0) is 18.8. The minimum Gasteiger partial charge on any atom is -0.466 e. The highest BCUT2D eigenvalue weighted by atomic mass is 16.5. The normalized spacial score (nSPS) is 12.0. The molecule has 0 aliphatic carbocycles. The number of carbonyl (C=O) groups excluding carboxylic acids is 2. The van der Waals surface area contributed by atoms with Gasteiger partial charge in [0.05, 0.1) is 13.2 Å². The van der Waals surface area contributed by atoms with Gasteiger partial charge in [0.1, 0.15) is 0 Å². The lowest BCUT2D eigenvalue weighted by Gasteiger charge is -2.09. The van der Waals surface area contributed by atoms with Crippen LogP contribution in [0.4, 0.5) is 0 Å². The summed E-state index contributed by atoms with van der Waals surface area (Å²) < 4.78 is 10.4. The molecule has 0 heterocycles. The Hall–Kier alpha value is -1.06. The molecule has 0 saturated heterocycles. The van der Waals surface area contributed by atoms with Gasteiger partial charge in [0.2, 0.25) is 0 Å². The van der Waals surface area contributed by atoms with Gasteiger partial charge in [-0.25, -0.2) is 0 Å². The van der Waals surface area contributed by atoms with E-state index in [-0.39, 0.29) is 11.9 Å². The van der Waals surface area contributed by atoms with Gasteiger partial charge in [-0.1, -0.05) is 65.7 Å². The largest absolute Gasteiger partial charge is 0.466 e. The van der Waals surface area contributed by atoms with E-state index in [1.807, 2.05) is 0 Å². The fraction of sp³-hybridized carbons (Fsp3) is 0.905. The van der Waals surface area contributed by atoms with Gasteiger partial charge >= 0.3 is 11.9 Å². The molecule has 0 aliphatic rings. The summed E-state index contributed by atoms with van der Waals surface area (Å²) in [5.41, 5.74) is 0. The van der Waals surface area contributed by atoms with E-state index in [0.29, 0.717) is 32.0 Å². The van der Waals surface area contributed by atoms with Crippen molar-refractivity contribution in [2.24, 2.45) is 5.92 Å². The molecule has 0 rings (SSSR count). The molecule has 1 atom stereocenters. The van der Waals surface area contributed by atoms with Crippen LogP contribution in [0.25, 0.3) is 0 Å². The van der Waals surface area contributed by atoms with Gasteiger partial charge < -0.3 is 9.47 Å². The number of carbonyl (C=O) groups is 2. The second kappa shape index (κ2) is 17.8. The molecule has 0 aromatic heterocycles. The lowest BCUT2D eigenvalue weighted by atomic mass is 10.1. The molecule has 148 valence electrons. The number of esters is 2. The van der Waals surface area contributed by atoms with Crippen molar-refractivity contribution >= 4 is 11.9 Å². The van der Waals surface area contributed by atoms with Crippen LogP contribution in [-0.2, 0) is 19.1 Å². The monoisotopic (exact) mass is 356 g/mol. The third kappa shape index (κ3) is 17.6. The molecule has 0 fully saturated rings. The van der Waals surface area contributed by atoms with Crippen LogP contribution in [0.15, 0.2) is 0 Å². The first-order valence-corrected chi connectivity index (χ1v) is 10.4. The Balaban J connectivity index is 3.30. The van der Waals surface area contributed by atoms with Gasteiger partial charge in [-0.3, -0.25) is 9.59 Å². The van der Waals surface area contributed by atoms with Crippen LogP contribution in [-0.4, -0.2) is 25.2 Å². The first-order chi connectivity index (χ1) is 12.1. The number of hydrogen-bond acceptors (Lipinski definition) is 4. The van der Waals surface area contributed by atoms with Gasteiger partial charge in [0.25, 0.3) is 0 Å². The molecule has 0 aromatic rings. The zero-order valence-electron chi connectivity index (χ0n) is 16.8. The lowest BCUT2D eigenvalue weighted by Crippen LogP contribution is -2.08. The molecule has 0 bridgehead atoms. The van der Waals surface area contributed by atoms with Crippen LogP contribution < -0.4 is 0 Å². The summed E-state index contributed by atoms with van der Waals surface area (Å²) in [6.07, 6.45) is 12.6. The van der Waals surface area contributed by atoms with Gasteiger partial charge in [-0.05, 0) is 31.6 Å². The smallest absolute Gasteiger partial charge is 0.305 e. The van der Waals surface area contributed by atoms with Gasteiger partial charge in [0, 0.05) is 12.8 Å². The summed E-state index contributed by atoms with van der Waals surface area (Å²) in [7, 11) is 0. The summed E-state index contributed by atoms with van der Waals surface area (Å²) in [4.78, 5) is 23.1. The summed E-state index contributed by atoms with van der Waals surface area (Å²) in [5, 5.41) is 0. The average Bonchev–Trinajstić information content (AvgIpc) is 2.60. The van der Waals surface area contributed by atoms with Crippen molar-refractivity contribution in [2.45, 2.75) is 104 Å². The van der Waals surface area contributed by atoms with E-state index in [1.165, 1.54) is 0 Å². The van der Waals surface area contributed by atoms with E-state index in [9.17, 15) is 9.59 Å². The Bertz CT molecular complexity index is 328. The first-order valence-electron chi connectivity index (χ1n) is 10.4. The van der Waals surface area contributed by atoms with Gasteiger partial charge in [-0.2, -0.15) is 0 Å². The molecule has 0 amide bonds. The second-order valence-corrected chi connectivity index (χ2v) is 7.07. The van der Waals surface area contributed by atoms with Crippen molar-refractivity contribution in [3.63, 3.8) is 0 Å². The Morgan fingerprint density at radius 1 is 0.720 bits per heavy atom. The SMILES string of the molecule is CCCCCOC(=O)CCCCCCCCC(=O)OCCC(C)CC. The van der Waals surface area contributed by atoms with Crippen molar-refractivity contribution in [3.8, 4) is 0 Å². The van der Waals surface area contributed by atoms with Crippen LogP contribution in [0, 0.1) is 5.92 Å². The Kier molecular flexibility index (Phi) is 17.0. The van der Waals surface area contributed by atoms with E-state index in [0.717, 1.165) is 70.6 Å². The molecule has 0 aliphatic heterocycles. The van der Waals surface area contributed by atoms with Crippen LogP contribution in [0.3, 0.4) is 0 Å². The number of hydrogen-bond donors (Lipinski definition) is 0. The van der Waals surface area contributed by atoms with Crippen molar-refractivity contribution in [1.82, 2.24) is 0 Å². The lowest BCUT2D eigenvalue weighted by molar-refractivity contribution is -0.145. The molecular weight excluding hydrogens is 316 g/mol. The number of unbranched alkanes of at least 4 members (excludes halogenated alkanes) is 7.